The number of hydrogen-bond donors (Lipinski definition) is 2. The third kappa shape index (κ3) is 4.57. The number of carbonyl (C=O) groups is 1. The van der Waals surface area contributed by atoms with Crippen LogP contribution < -0.4 is 15.4 Å². The van der Waals surface area contributed by atoms with Crippen LogP contribution in [0.3, 0.4) is 0 Å². The molecule has 0 fully saturated rings. The van der Waals surface area contributed by atoms with E-state index in [9.17, 15) is 4.79 Å². The summed E-state index contributed by atoms with van der Waals surface area (Å²) in [7, 11) is 1.64. The standard InChI is InChI=1S/C20H20N4O2/c1-26-18-10-6-5-7-15(18)11-13-21-19(25)17-12-14-22-20(24-17)23-16-8-3-2-4-9-16/h2-10,12,14H,11,13H2,1H3,(H,21,25)(H,22,23,24). The second-order valence-corrected chi connectivity index (χ2v) is 5.57. The first-order valence-electron chi connectivity index (χ1n) is 8.31. The fraction of sp³-hybridized carbons (Fsp3) is 0.150. The van der Waals surface area contributed by atoms with Gasteiger partial charge in [-0.15, -0.1) is 0 Å². The van der Waals surface area contributed by atoms with Crippen LogP contribution in [0.1, 0.15) is 16.1 Å². The number of rotatable bonds is 7. The van der Waals surface area contributed by atoms with Gasteiger partial charge in [0.25, 0.3) is 5.91 Å². The minimum Gasteiger partial charge on any atom is -0.496 e. The molecule has 2 aromatic carbocycles. The summed E-state index contributed by atoms with van der Waals surface area (Å²) >= 11 is 0. The van der Waals surface area contributed by atoms with Crippen LogP contribution in [0.15, 0.2) is 66.9 Å². The number of aromatic nitrogens is 2. The number of nitrogens with zero attached hydrogens (tertiary/aromatic N) is 2. The van der Waals surface area contributed by atoms with Gasteiger partial charge in [-0.1, -0.05) is 36.4 Å². The minimum absolute atomic E-state index is 0.238. The van der Waals surface area contributed by atoms with Crippen molar-refractivity contribution >= 4 is 17.5 Å². The second-order valence-electron chi connectivity index (χ2n) is 5.57. The summed E-state index contributed by atoms with van der Waals surface area (Å²) < 4.78 is 5.32. The summed E-state index contributed by atoms with van der Waals surface area (Å²) in [6, 6.07) is 18.9. The Balaban J connectivity index is 1.59. The van der Waals surface area contributed by atoms with E-state index in [1.165, 1.54) is 0 Å². The number of methoxy groups -OCH3 is 1. The van der Waals surface area contributed by atoms with Crippen LogP contribution in [0.4, 0.5) is 11.6 Å². The van der Waals surface area contributed by atoms with Crippen LogP contribution in [-0.4, -0.2) is 29.5 Å². The Bertz CT molecular complexity index is 868. The zero-order valence-electron chi connectivity index (χ0n) is 14.5. The molecule has 0 bridgehead atoms. The van der Waals surface area contributed by atoms with E-state index in [0.717, 1.165) is 17.0 Å². The molecule has 2 N–H and O–H groups in total. The van der Waals surface area contributed by atoms with Gasteiger partial charge in [0.05, 0.1) is 7.11 Å². The van der Waals surface area contributed by atoms with Crippen molar-refractivity contribution < 1.29 is 9.53 Å². The molecule has 0 saturated heterocycles. The van der Waals surface area contributed by atoms with E-state index in [1.54, 1.807) is 19.4 Å². The average molecular weight is 348 g/mol. The molecule has 3 aromatic rings. The zero-order chi connectivity index (χ0) is 18.2. The highest BCUT2D eigenvalue weighted by molar-refractivity contribution is 5.92. The molecule has 26 heavy (non-hydrogen) atoms. The number of anilines is 2. The summed E-state index contributed by atoms with van der Waals surface area (Å²) in [6.45, 7) is 0.491. The van der Waals surface area contributed by atoms with Gasteiger partial charge in [-0.25, -0.2) is 9.97 Å². The van der Waals surface area contributed by atoms with E-state index in [-0.39, 0.29) is 5.91 Å². The third-order valence-electron chi connectivity index (χ3n) is 3.79. The van der Waals surface area contributed by atoms with Gasteiger partial charge in [0, 0.05) is 18.4 Å². The van der Waals surface area contributed by atoms with Gasteiger partial charge < -0.3 is 15.4 Å². The second kappa shape index (κ2) is 8.62. The molecule has 0 radical (unpaired) electrons. The molecule has 0 aliphatic carbocycles. The Morgan fingerprint density at radius 2 is 1.81 bits per heavy atom. The smallest absolute Gasteiger partial charge is 0.270 e. The van der Waals surface area contributed by atoms with Crippen LogP contribution in [0, 0.1) is 0 Å². The van der Waals surface area contributed by atoms with Gasteiger partial charge in [0.2, 0.25) is 5.95 Å². The summed E-state index contributed by atoms with van der Waals surface area (Å²) in [4.78, 5) is 20.8. The number of benzene rings is 2. The number of ether oxygens (including phenoxy) is 1. The molecular weight excluding hydrogens is 328 g/mol. The number of amides is 1. The normalized spacial score (nSPS) is 10.2. The number of carbonyl (C=O) groups excluding carboxylic acids is 1. The summed E-state index contributed by atoms with van der Waals surface area (Å²) in [6.07, 6.45) is 2.24. The lowest BCUT2D eigenvalue weighted by Gasteiger charge is -2.09. The average Bonchev–Trinajstić information content (AvgIpc) is 2.69. The topological polar surface area (TPSA) is 76.1 Å². The molecule has 1 aromatic heterocycles. The molecule has 1 amide bonds. The van der Waals surface area contributed by atoms with E-state index in [0.29, 0.717) is 24.6 Å². The molecular formula is C20H20N4O2. The zero-order valence-corrected chi connectivity index (χ0v) is 14.5. The van der Waals surface area contributed by atoms with E-state index in [1.807, 2.05) is 54.6 Å². The van der Waals surface area contributed by atoms with Gasteiger partial charge in [0.15, 0.2) is 0 Å². The molecule has 0 aliphatic rings. The van der Waals surface area contributed by atoms with Gasteiger partial charge in [0.1, 0.15) is 11.4 Å². The highest BCUT2D eigenvalue weighted by Crippen LogP contribution is 2.17. The van der Waals surface area contributed by atoms with E-state index >= 15 is 0 Å². The lowest BCUT2D eigenvalue weighted by atomic mass is 10.1. The van der Waals surface area contributed by atoms with Crippen molar-refractivity contribution in [3.63, 3.8) is 0 Å². The Labute approximate surface area is 152 Å². The molecule has 6 nitrogen and oxygen atoms in total. The number of para-hydroxylation sites is 2. The van der Waals surface area contributed by atoms with Crippen molar-refractivity contribution in [2.45, 2.75) is 6.42 Å². The largest absolute Gasteiger partial charge is 0.496 e. The van der Waals surface area contributed by atoms with Crippen LogP contribution in [0.2, 0.25) is 0 Å². The monoisotopic (exact) mass is 348 g/mol. The van der Waals surface area contributed by atoms with Crippen LogP contribution in [-0.2, 0) is 6.42 Å². The maximum Gasteiger partial charge on any atom is 0.270 e. The van der Waals surface area contributed by atoms with Crippen molar-refractivity contribution in [1.29, 1.82) is 0 Å². The summed E-state index contributed by atoms with van der Waals surface area (Å²) in [5.41, 5.74) is 2.23. The summed E-state index contributed by atoms with van der Waals surface area (Å²) in [5, 5.41) is 5.95. The van der Waals surface area contributed by atoms with Gasteiger partial charge in [-0.3, -0.25) is 4.79 Å². The first kappa shape index (κ1) is 17.4. The molecule has 132 valence electrons. The minimum atomic E-state index is -0.238. The number of hydrogen-bond acceptors (Lipinski definition) is 5. The predicted octanol–water partition coefficient (Wildman–Crippen LogP) is 3.20. The fourth-order valence-corrected chi connectivity index (χ4v) is 2.51. The maximum absolute atomic E-state index is 12.3. The first-order valence-corrected chi connectivity index (χ1v) is 8.31. The quantitative estimate of drug-likeness (QED) is 0.686. The molecule has 0 saturated carbocycles. The van der Waals surface area contributed by atoms with Crippen molar-refractivity contribution in [3.05, 3.63) is 78.1 Å². The number of nitrogens with one attached hydrogen (secondary N) is 2. The first-order chi connectivity index (χ1) is 12.8. The summed E-state index contributed by atoms with van der Waals surface area (Å²) in [5.74, 6) is 0.963. The van der Waals surface area contributed by atoms with Gasteiger partial charge in [-0.05, 0) is 36.2 Å². The van der Waals surface area contributed by atoms with E-state index in [4.69, 9.17) is 4.74 Å². The highest BCUT2D eigenvalue weighted by Gasteiger charge is 2.09. The van der Waals surface area contributed by atoms with Gasteiger partial charge in [-0.2, -0.15) is 0 Å². The third-order valence-corrected chi connectivity index (χ3v) is 3.79. The van der Waals surface area contributed by atoms with Gasteiger partial charge >= 0.3 is 0 Å². The lowest BCUT2D eigenvalue weighted by Crippen LogP contribution is -2.26. The van der Waals surface area contributed by atoms with Crippen LogP contribution in [0.5, 0.6) is 5.75 Å². The molecule has 0 aliphatic heterocycles. The van der Waals surface area contributed by atoms with E-state index < -0.39 is 0 Å². The Morgan fingerprint density at radius 3 is 2.62 bits per heavy atom. The fourth-order valence-electron chi connectivity index (χ4n) is 2.51. The van der Waals surface area contributed by atoms with Crippen LogP contribution >= 0.6 is 0 Å². The Hall–Kier alpha value is -3.41. The Kier molecular flexibility index (Phi) is 5.77. The van der Waals surface area contributed by atoms with E-state index in [2.05, 4.69) is 20.6 Å². The Morgan fingerprint density at radius 1 is 1.04 bits per heavy atom. The molecule has 6 heteroatoms. The molecule has 0 atom stereocenters. The van der Waals surface area contributed by atoms with Crippen LogP contribution in [0.25, 0.3) is 0 Å². The van der Waals surface area contributed by atoms with Crippen molar-refractivity contribution in [3.8, 4) is 5.75 Å². The highest BCUT2D eigenvalue weighted by atomic mass is 16.5. The molecule has 1 heterocycles. The van der Waals surface area contributed by atoms with Crippen molar-refractivity contribution in [2.24, 2.45) is 0 Å². The lowest BCUT2D eigenvalue weighted by molar-refractivity contribution is 0.0949. The van der Waals surface area contributed by atoms with Crippen molar-refractivity contribution in [2.75, 3.05) is 19.0 Å². The SMILES string of the molecule is COc1ccccc1CCNC(=O)c1ccnc(Nc2ccccc2)n1. The maximum atomic E-state index is 12.3. The van der Waals surface area contributed by atoms with Crippen molar-refractivity contribution in [1.82, 2.24) is 15.3 Å². The molecule has 3 rings (SSSR count). The predicted molar refractivity (Wildman–Crippen MR) is 101 cm³/mol. The molecule has 0 unspecified atom stereocenters. The molecule has 0 spiro atoms.